The number of halogens is 1. The van der Waals surface area contributed by atoms with Crippen LogP contribution in [0.25, 0.3) is 22.0 Å². The lowest BCUT2D eigenvalue weighted by molar-refractivity contribution is 0.640. The number of rotatable bonds is 7. The van der Waals surface area contributed by atoms with Crippen LogP contribution in [-0.4, -0.2) is 19.7 Å². The van der Waals surface area contributed by atoms with E-state index in [-0.39, 0.29) is 0 Å². The molecule has 0 saturated heterocycles. The summed E-state index contributed by atoms with van der Waals surface area (Å²) in [6.45, 7) is 0.808. The molecule has 2 aromatic carbocycles. The molecule has 0 aliphatic heterocycles. The van der Waals surface area contributed by atoms with Gasteiger partial charge in [-0.2, -0.15) is 0 Å². The average Bonchev–Trinajstić information content (AvgIpc) is 3.55. The zero-order valence-corrected chi connectivity index (χ0v) is 19.5. The van der Waals surface area contributed by atoms with Crippen LogP contribution in [0, 0.1) is 0 Å². The van der Waals surface area contributed by atoms with Gasteiger partial charge in [0.25, 0.3) is 0 Å². The molecule has 8 heteroatoms. The van der Waals surface area contributed by atoms with Gasteiger partial charge in [0.2, 0.25) is 0 Å². The zero-order chi connectivity index (χ0) is 21.0. The molecular weight excluding hydrogens is 464 g/mol. The second kappa shape index (κ2) is 9.36. The highest BCUT2D eigenvalue weighted by Crippen LogP contribution is 2.35. The number of thiazole rings is 1. The molecule has 0 bridgehead atoms. The molecule has 3 heterocycles. The Morgan fingerprint density at radius 3 is 2.52 bits per heavy atom. The van der Waals surface area contributed by atoms with E-state index in [1.165, 1.54) is 5.56 Å². The summed E-state index contributed by atoms with van der Waals surface area (Å²) in [5, 5.41) is 14.7. The van der Waals surface area contributed by atoms with Gasteiger partial charge in [-0.1, -0.05) is 60.1 Å². The summed E-state index contributed by atoms with van der Waals surface area (Å²) in [7, 11) is 0. The van der Waals surface area contributed by atoms with Crippen molar-refractivity contribution in [3.05, 3.63) is 88.1 Å². The number of hydrogen-bond acceptors (Lipinski definition) is 6. The first-order valence-electron chi connectivity index (χ1n) is 9.66. The summed E-state index contributed by atoms with van der Waals surface area (Å²) in [6.07, 6.45) is 0.915. The molecule has 154 valence electrons. The van der Waals surface area contributed by atoms with E-state index in [4.69, 9.17) is 16.6 Å². The number of nitrogens with zero attached hydrogens (tertiary/aromatic N) is 4. The lowest BCUT2D eigenvalue weighted by Crippen LogP contribution is -2.04. The van der Waals surface area contributed by atoms with Crippen LogP contribution in [0.4, 0.5) is 0 Å². The van der Waals surface area contributed by atoms with E-state index in [1.54, 1.807) is 34.4 Å². The normalized spacial score (nSPS) is 11.1. The Hall–Kier alpha value is -2.45. The molecule has 0 amide bonds. The van der Waals surface area contributed by atoms with Crippen LogP contribution < -0.4 is 0 Å². The minimum atomic E-state index is 0.723. The Labute approximate surface area is 197 Å². The molecule has 0 aliphatic rings. The van der Waals surface area contributed by atoms with Crippen molar-refractivity contribution in [2.45, 2.75) is 22.5 Å². The predicted octanol–water partition coefficient (Wildman–Crippen LogP) is 7.18. The SMILES string of the molecule is Clc1ccc(-c2csc(Sc3nnc(-c4cccs4)n3CCc3ccccc3)n2)cc1. The van der Waals surface area contributed by atoms with Crippen molar-refractivity contribution in [1.29, 1.82) is 0 Å². The molecule has 3 aromatic heterocycles. The van der Waals surface area contributed by atoms with Crippen LogP contribution in [0.3, 0.4) is 0 Å². The summed E-state index contributed by atoms with van der Waals surface area (Å²) in [5.74, 6) is 0.905. The van der Waals surface area contributed by atoms with Gasteiger partial charge in [0.1, 0.15) is 0 Å². The topological polar surface area (TPSA) is 43.6 Å². The standard InChI is InChI=1S/C23H17ClN4S3/c24-18-10-8-17(9-11-18)19-15-30-23(25-19)31-22-27-26-21(20-7-4-14-29-20)28(22)13-12-16-5-2-1-3-6-16/h1-11,14-15H,12-13H2. The number of aryl methyl sites for hydroxylation is 1. The maximum atomic E-state index is 6.01. The first-order valence-corrected chi connectivity index (χ1v) is 12.6. The Kier molecular flexibility index (Phi) is 6.18. The van der Waals surface area contributed by atoms with Crippen molar-refractivity contribution in [1.82, 2.24) is 19.7 Å². The van der Waals surface area contributed by atoms with Crippen molar-refractivity contribution in [2.75, 3.05) is 0 Å². The Morgan fingerprint density at radius 2 is 1.74 bits per heavy atom. The summed E-state index contributed by atoms with van der Waals surface area (Å²) in [6, 6.07) is 22.4. The van der Waals surface area contributed by atoms with Crippen molar-refractivity contribution >= 4 is 46.0 Å². The summed E-state index contributed by atoms with van der Waals surface area (Å²) in [5.41, 5.74) is 3.29. The molecule has 5 aromatic rings. The van der Waals surface area contributed by atoms with Gasteiger partial charge >= 0.3 is 0 Å². The third-order valence-electron chi connectivity index (χ3n) is 4.73. The molecule has 5 rings (SSSR count). The highest BCUT2D eigenvalue weighted by molar-refractivity contribution is 8.00. The van der Waals surface area contributed by atoms with E-state index in [9.17, 15) is 0 Å². The van der Waals surface area contributed by atoms with Gasteiger partial charge in [0.05, 0.1) is 10.6 Å². The number of benzene rings is 2. The first-order chi connectivity index (χ1) is 15.3. The fourth-order valence-corrected chi connectivity index (χ4v) is 5.80. The second-order valence-electron chi connectivity index (χ2n) is 6.78. The monoisotopic (exact) mass is 480 g/mol. The highest BCUT2D eigenvalue weighted by Gasteiger charge is 2.17. The van der Waals surface area contributed by atoms with E-state index in [2.05, 4.69) is 55.9 Å². The lowest BCUT2D eigenvalue weighted by Gasteiger charge is -2.09. The van der Waals surface area contributed by atoms with Crippen molar-refractivity contribution in [2.24, 2.45) is 0 Å². The van der Waals surface area contributed by atoms with E-state index < -0.39 is 0 Å². The molecule has 0 N–H and O–H groups in total. The van der Waals surface area contributed by atoms with Gasteiger partial charge in [-0.15, -0.1) is 32.9 Å². The Morgan fingerprint density at radius 1 is 0.903 bits per heavy atom. The maximum absolute atomic E-state index is 6.01. The van der Waals surface area contributed by atoms with E-state index >= 15 is 0 Å². The average molecular weight is 481 g/mol. The molecule has 31 heavy (non-hydrogen) atoms. The van der Waals surface area contributed by atoms with Crippen molar-refractivity contribution in [3.8, 4) is 22.0 Å². The van der Waals surface area contributed by atoms with Gasteiger partial charge in [0.15, 0.2) is 15.3 Å². The highest BCUT2D eigenvalue weighted by atomic mass is 35.5. The van der Waals surface area contributed by atoms with E-state index in [0.717, 1.165) is 49.4 Å². The smallest absolute Gasteiger partial charge is 0.198 e. The van der Waals surface area contributed by atoms with Gasteiger partial charge < -0.3 is 4.57 Å². The number of thiophene rings is 1. The first kappa shape index (κ1) is 20.5. The minimum absolute atomic E-state index is 0.723. The second-order valence-corrected chi connectivity index (χ2v) is 10.2. The largest absolute Gasteiger partial charge is 0.301 e. The molecule has 0 fully saturated rings. The van der Waals surface area contributed by atoms with Crippen LogP contribution in [0.1, 0.15) is 5.56 Å². The van der Waals surface area contributed by atoms with E-state index in [1.807, 2.05) is 36.4 Å². The molecule has 0 unspecified atom stereocenters. The van der Waals surface area contributed by atoms with Crippen LogP contribution in [0.15, 0.2) is 87.0 Å². The minimum Gasteiger partial charge on any atom is -0.301 e. The molecular formula is C23H17ClN4S3. The van der Waals surface area contributed by atoms with Gasteiger partial charge in [0, 0.05) is 22.5 Å². The van der Waals surface area contributed by atoms with Crippen LogP contribution >= 0.6 is 46.0 Å². The Balaban J connectivity index is 1.41. The summed E-state index contributed by atoms with van der Waals surface area (Å²) >= 11 is 10.9. The van der Waals surface area contributed by atoms with Crippen molar-refractivity contribution < 1.29 is 0 Å². The molecule has 0 atom stereocenters. The van der Waals surface area contributed by atoms with E-state index in [0.29, 0.717) is 0 Å². The Bertz CT molecular complexity index is 1260. The molecule has 0 spiro atoms. The summed E-state index contributed by atoms with van der Waals surface area (Å²) in [4.78, 5) is 5.92. The van der Waals surface area contributed by atoms with Gasteiger partial charge in [-0.25, -0.2) is 4.98 Å². The van der Waals surface area contributed by atoms with Crippen molar-refractivity contribution in [3.63, 3.8) is 0 Å². The fourth-order valence-electron chi connectivity index (χ4n) is 3.17. The quantitative estimate of drug-likeness (QED) is 0.247. The molecule has 0 radical (unpaired) electrons. The number of aromatic nitrogens is 4. The molecule has 0 aliphatic carbocycles. The lowest BCUT2D eigenvalue weighted by atomic mass is 10.1. The zero-order valence-electron chi connectivity index (χ0n) is 16.3. The third kappa shape index (κ3) is 4.75. The summed E-state index contributed by atoms with van der Waals surface area (Å²) < 4.78 is 3.14. The third-order valence-corrected chi connectivity index (χ3v) is 7.77. The van der Waals surface area contributed by atoms with Gasteiger partial charge in [-0.3, -0.25) is 0 Å². The van der Waals surface area contributed by atoms with Crippen LogP contribution in [0.5, 0.6) is 0 Å². The number of hydrogen-bond donors (Lipinski definition) is 0. The molecule has 0 saturated carbocycles. The molecule has 4 nitrogen and oxygen atoms in total. The fraction of sp³-hybridized carbons (Fsp3) is 0.0870. The van der Waals surface area contributed by atoms with Crippen LogP contribution in [-0.2, 0) is 13.0 Å². The van der Waals surface area contributed by atoms with Crippen LogP contribution in [0.2, 0.25) is 5.02 Å². The van der Waals surface area contributed by atoms with Gasteiger partial charge in [-0.05, 0) is 47.3 Å². The predicted molar refractivity (Wildman–Crippen MR) is 130 cm³/mol. The maximum Gasteiger partial charge on any atom is 0.198 e.